The first-order chi connectivity index (χ1) is 26.5. The Balaban J connectivity index is 1.20. The van der Waals surface area contributed by atoms with Crippen molar-refractivity contribution in [3.63, 3.8) is 0 Å². The van der Waals surface area contributed by atoms with Gasteiger partial charge in [-0.2, -0.15) is 4.98 Å². The lowest BCUT2D eigenvalue weighted by Crippen LogP contribution is -2.59. The predicted octanol–water partition coefficient (Wildman–Crippen LogP) is 4.94. The maximum absolute atomic E-state index is 14.6. The molecule has 4 fully saturated rings. The summed E-state index contributed by atoms with van der Waals surface area (Å²) in [4.78, 5) is 65.1. The van der Waals surface area contributed by atoms with Crippen molar-refractivity contribution in [2.45, 2.75) is 103 Å². The van der Waals surface area contributed by atoms with Gasteiger partial charge in [0.1, 0.15) is 52.0 Å². The molecule has 0 radical (unpaired) electrons. The van der Waals surface area contributed by atoms with Gasteiger partial charge >= 0.3 is 12.1 Å². The molecule has 8 atom stereocenters. The molecule has 3 heterocycles. The van der Waals surface area contributed by atoms with E-state index in [1.54, 1.807) is 18.2 Å². The van der Waals surface area contributed by atoms with Crippen LogP contribution in [-0.4, -0.2) is 104 Å². The summed E-state index contributed by atoms with van der Waals surface area (Å²) >= 11 is 6.78. The molecule has 1 unspecified atom stereocenters. The van der Waals surface area contributed by atoms with Gasteiger partial charge in [-0.05, 0) is 68.9 Å². The number of H-pyrrole nitrogens is 1. The first kappa shape index (κ1) is 39.1. The summed E-state index contributed by atoms with van der Waals surface area (Å²) in [5.41, 5.74) is -1.62. The monoisotopic (exact) mass is 792 g/mol. The van der Waals surface area contributed by atoms with Crippen molar-refractivity contribution in [1.82, 2.24) is 35.7 Å². The molecule has 56 heavy (non-hydrogen) atoms. The number of ether oxygens (including phenoxy) is 3. The number of aromatic amines is 1. The number of aromatic nitrogens is 4. The number of methoxy groups -OCH3 is 1. The van der Waals surface area contributed by atoms with E-state index in [2.05, 4.69) is 37.7 Å². The minimum atomic E-state index is -1.54. The molecule has 0 bridgehead atoms. The number of rotatable bonds is 13. The molecule has 16 nitrogen and oxygen atoms in total. The van der Waals surface area contributed by atoms with Crippen molar-refractivity contribution in [2.24, 2.45) is 23.2 Å². The summed E-state index contributed by atoms with van der Waals surface area (Å²) in [6, 6.07) is 2.94. The summed E-state index contributed by atoms with van der Waals surface area (Å²) in [6.45, 7) is 13.0. The molecule has 4 aliphatic rings. The number of likely N-dealkylation sites (tertiary alicyclic amines) is 1. The molecule has 1 aliphatic heterocycles. The Morgan fingerprint density at radius 1 is 1.09 bits per heavy atom. The molecule has 2 aromatic heterocycles. The first-order valence-corrected chi connectivity index (χ1v) is 19.4. The second-order valence-corrected chi connectivity index (χ2v) is 17.2. The predicted molar refractivity (Wildman–Crippen MR) is 206 cm³/mol. The maximum Gasteiger partial charge on any atom is 0.408 e. The summed E-state index contributed by atoms with van der Waals surface area (Å²) in [7, 11) is 1.49. The first-order valence-electron chi connectivity index (χ1n) is 19.0. The quantitative estimate of drug-likeness (QED) is 0.146. The Morgan fingerprint density at radius 2 is 1.82 bits per heavy atom. The Kier molecular flexibility index (Phi) is 10.3. The average molecular weight is 793 g/mol. The number of carbonyl (C=O) groups excluding carboxylic acids is 3. The van der Waals surface area contributed by atoms with E-state index in [4.69, 9.17) is 30.8 Å². The lowest BCUT2D eigenvalue weighted by atomic mass is 9.85. The Labute approximate surface area is 329 Å². The molecule has 3 amide bonds. The lowest BCUT2D eigenvalue weighted by molar-refractivity contribution is -0.146. The number of carboxylic acids is 1. The third kappa shape index (κ3) is 7.67. The highest BCUT2D eigenvalue weighted by Crippen LogP contribution is 2.52. The topological polar surface area (TPSA) is 210 Å². The van der Waals surface area contributed by atoms with Crippen LogP contribution in [0.25, 0.3) is 22.4 Å². The van der Waals surface area contributed by atoms with Gasteiger partial charge in [0.25, 0.3) is 0 Å². The van der Waals surface area contributed by atoms with Gasteiger partial charge in [-0.1, -0.05) is 38.4 Å². The van der Waals surface area contributed by atoms with E-state index < -0.39 is 58.9 Å². The van der Waals surface area contributed by atoms with E-state index in [9.17, 15) is 24.3 Å². The number of pyridine rings is 1. The van der Waals surface area contributed by atoms with Gasteiger partial charge in [-0.25, -0.2) is 14.6 Å². The highest BCUT2D eigenvalue weighted by atomic mass is 35.5. The average Bonchev–Trinajstić information content (AvgIpc) is 3.80. The number of carbonyl (C=O) groups is 4. The number of alkyl carbamates (subject to hydrolysis) is 1. The summed E-state index contributed by atoms with van der Waals surface area (Å²) in [6.07, 6.45) is 2.80. The van der Waals surface area contributed by atoms with E-state index in [0.29, 0.717) is 51.7 Å². The maximum atomic E-state index is 14.6. The molecule has 300 valence electrons. The fourth-order valence-corrected chi connectivity index (χ4v) is 8.32. The number of nitrogens with one attached hydrogen (secondary N) is 4. The third-order valence-corrected chi connectivity index (χ3v) is 11.6. The van der Waals surface area contributed by atoms with Crippen molar-refractivity contribution >= 4 is 52.3 Å². The zero-order valence-electron chi connectivity index (χ0n) is 32.3. The number of amides is 3. The van der Waals surface area contributed by atoms with Crippen LogP contribution >= 0.6 is 11.6 Å². The molecule has 0 spiro atoms. The van der Waals surface area contributed by atoms with Crippen molar-refractivity contribution in [3.05, 3.63) is 35.9 Å². The molecular formula is C39H49ClN8O8. The molecule has 1 saturated heterocycles. The van der Waals surface area contributed by atoms with Gasteiger partial charge in [0.15, 0.2) is 5.82 Å². The van der Waals surface area contributed by atoms with Gasteiger partial charge in [0, 0.05) is 29.8 Å². The fourth-order valence-electron chi connectivity index (χ4n) is 8.03. The second-order valence-electron chi connectivity index (χ2n) is 16.8. The van der Waals surface area contributed by atoms with Crippen molar-refractivity contribution < 1.29 is 38.5 Å². The molecule has 5 N–H and O–H groups in total. The van der Waals surface area contributed by atoms with Crippen LogP contribution in [0.2, 0.25) is 5.02 Å². The van der Waals surface area contributed by atoms with Gasteiger partial charge < -0.3 is 40.2 Å². The van der Waals surface area contributed by atoms with Crippen LogP contribution in [0.3, 0.4) is 0 Å². The Hall–Kier alpha value is -5.12. The van der Waals surface area contributed by atoms with Crippen molar-refractivity contribution in [3.8, 4) is 23.0 Å². The second kappa shape index (κ2) is 14.8. The number of hydrogen-bond donors (Lipinski definition) is 5. The number of nitrogens with zero attached hydrogens (tertiary/aromatic N) is 4. The molecule has 7 rings (SSSR count). The molecule has 3 aromatic rings. The van der Waals surface area contributed by atoms with E-state index in [0.717, 1.165) is 19.3 Å². The van der Waals surface area contributed by atoms with Crippen molar-refractivity contribution in [2.75, 3.05) is 19.0 Å². The molecular weight excluding hydrogens is 744 g/mol. The van der Waals surface area contributed by atoms with Gasteiger partial charge in [-0.3, -0.25) is 14.7 Å². The van der Waals surface area contributed by atoms with Gasteiger partial charge in [0.2, 0.25) is 17.8 Å². The summed E-state index contributed by atoms with van der Waals surface area (Å²) < 4.78 is 17.9. The number of anilines is 1. The lowest BCUT2D eigenvalue weighted by Gasteiger charge is -2.35. The van der Waals surface area contributed by atoms with E-state index in [1.807, 2.05) is 34.6 Å². The van der Waals surface area contributed by atoms with Crippen LogP contribution in [0.15, 0.2) is 30.9 Å². The SMILES string of the molecule is C=C[C@@H]1C[C@]1(NC(=O)[C@@H]1C[C@@H](Oc2cc(-c3nc(NC(C)C)n[nH]3)nc3c(Cl)c(OC)ccc23)CN1C(=O)[C@@H](NC(=O)OC1C[C@@H]2C[C@@H]2C1)C(C)(C)C)C(=O)O. The van der Waals surface area contributed by atoms with Crippen molar-refractivity contribution in [1.29, 1.82) is 0 Å². The zero-order chi connectivity index (χ0) is 40.3. The largest absolute Gasteiger partial charge is 0.495 e. The number of halogens is 1. The van der Waals surface area contributed by atoms with Gasteiger partial charge in [-0.15, -0.1) is 11.7 Å². The van der Waals surface area contributed by atoms with Crippen LogP contribution in [0.1, 0.15) is 66.7 Å². The van der Waals surface area contributed by atoms with Crippen LogP contribution in [-0.2, 0) is 19.1 Å². The van der Waals surface area contributed by atoms with Gasteiger partial charge in [0.05, 0.1) is 19.2 Å². The summed E-state index contributed by atoms with van der Waals surface area (Å²) in [5, 5.41) is 26.7. The third-order valence-electron chi connectivity index (χ3n) is 11.2. The number of carboxylic acid groups (broad SMARTS) is 1. The van der Waals surface area contributed by atoms with Crippen LogP contribution in [0, 0.1) is 23.2 Å². The van der Waals surface area contributed by atoms with Crippen LogP contribution < -0.4 is 25.4 Å². The van der Waals surface area contributed by atoms with Crippen LogP contribution in [0.4, 0.5) is 10.7 Å². The normalized spacial score (nSPS) is 27.0. The highest BCUT2D eigenvalue weighted by molar-refractivity contribution is 6.36. The minimum absolute atomic E-state index is 0.00594. The smallest absolute Gasteiger partial charge is 0.408 e. The highest BCUT2D eigenvalue weighted by Gasteiger charge is 2.61. The van der Waals surface area contributed by atoms with Crippen LogP contribution in [0.5, 0.6) is 11.5 Å². The number of benzene rings is 1. The van der Waals surface area contributed by atoms with E-state index in [1.165, 1.54) is 18.1 Å². The number of hydrogen-bond acceptors (Lipinski definition) is 11. The Bertz CT molecular complexity index is 2060. The Morgan fingerprint density at radius 3 is 2.45 bits per heavy atom. The van der Waals surface area contributed by atoms with E-state index >= 15 is 0 Å². The number of aliphatic carboxylic acids is 1. The summed E-state index contributed by atoms with van der Waals surface area (Å²) in [5.74, 6) is -0.240. The molecule has 3 aliphatic carbocycles. The standard InChI is InChI=1S/C39H49ClN8O8/c1-8-21-16-39(21,35(51)52)45-33(49)26-14-23(17-48(26)34(50)31(38(4,5)6)43-37(53)56-22-12-19-11-20(19)13-22)55-28-15-25(32-44-36(47-46-32)41-18(2)3)42-30-24(28)9-10-27(54-7)29(30)40/h8-10,15,18-23,26,31H,1,11-14,16-17H2,2-7H3,(H,43,53)(H,45,49)(H,51,52)(H2,41,44,46,47)/t19-,20+,21-,22?,23-,26+,31-,39-/m1/s1. The molecule has 1 aromatic carbocycles. The minimum Gasteiger partial charge on any atom is -0.495 e. The van der Waals surface area contributed by atoms with E-state index in [-0.39, 0.29) is 36.6 Å². The molecule has 3 saturated carbocycles. The number of fused-ring (bicyclic) bond motifs is 2. The fraction of sp³-hybridized carbons (Fsp3) is 0.564. The molecule has 17 heteroatoms. The zero-order valence-corrected chi connectivity index (χ0v) is 33.1.